The molecule has 0 radical (unpaired) electrons. The molecule has 1 heterocycles. The minimum absolute atomic E-state index is 0.169. The molecule has 1 amide bonds. The molecule has 3 N–H and O–H groups in total. The number of rotatable bonds is 7. The molecule has 8 heteroatoms. The standard InChI is InChI=1S/C28H33Cl2N3O3/c1-16(2)23(26(35)36)33-25(34)24-22(17-7-6-8-20(30)13-17)28(15-31,18-9-11-19(29)12-10-18)21(32-24)14-27(3,4)5/h6-13,16,21-24,32H,14H2,1-5H3,(H,33,34)(H,35,36)/t21-,22-,23+,24+,28-/m1/s1. The van der Waals surface area contributed by atoms with E-state index in [-0.39, 0.29) is 11.3 Å². The highest BCUT2D eigenvalue weighted by molar-refractivity contribution is 6.30. The number of carboxylic acid groups (broad SMARTS) is 1. The average Bonchev–Trinajstić information content (AvgIpc) is 3.10. The number of nitriles is 1. The number of carbonyl (C=O) groups excluding carboxylic acids is 1. The largest absolute Gasteiger partial charge is 0.480 e. The Morgan fingerprint density at radius 1 is 1.14 bits per heavy atom. The summed E-state index contributed by atoms with van der Waals surface area (Å²) in [6.07, 6.45) is 0.594. The molecule has 36 heavy (non-hydrogen) atoms. The smallest absolute Gasteiger partial charge is 0.326 e. The number of benzene rings is 2. The van der Waals surface area contributed by atoms with E-state index < -0.39 is 41.3 Å². The summed E-state index contributed by atoms with van der Waals surface area (Å²) in [6, 6.07) is 14.6. The van der Waals surface area contributed by atoms with Gasteiger partial charge in [-0.15, -0.1) is 0 Å². The van der Waals surface area contributed by atoms with E-state index in [1.165, 1.54) is 0 Å². The first-order chi connectivity index (χ1) is 16.8. The molecule has 2 aromatic carbocycles. The van der Waals surface area contributed by atoms with Gasteiger partial charge in [0.15, 0.2) is 0 Å². The van der Waals surface area contributed by atoms with Crippen LogP contribution in [0.15, 0.2) is 48.5 Å². The van der Waals surface area contributed by atoms with E-state index in [0.717, 1.165) is 11.1 Å². The molecule has 192 valence electrons. The van der Waals surface area contributed by atoms with Crippen LogP contribution in [0.25, 0.3) is 0 Å². The lowest BCUT2D eigenvalue weighted by atomic mass is 9.63. The minimum atomic E-state index is -1.15. The molecule has 0 saturated carbocycles. The zero-order chi connectivity index (χ0) is 26.8. The van der Waals surface area contributed by atoms with Gasteiger partial charge < -0.3 is 15.7 Å². The van der Waals surface area contributed by atoms with Crippen LogP contribution in [0, 0.1) is 22.7 Å². The molecule has 0 spiro atoms. The first-order valence-corrected chi connectivity index (χ1v) is 12.8. The van der Waals surface area contributed by atoms with Crippen LogP contribution >= 0.6 is 23.2 Å². The Morgan fingerprint density at radius 3 is 2.28 bits per heavy atom. The van der Waals surface area contributed by atoms with Crippen molar-refractivity contribution in [2.24, 2.45) is 11.3 Å². The van der Waals surface area contributed by atoms with Crippen LogP contribution in [-0.4, -0.2) is 35.1 Å². The van der Waals surface area contributed by atoms with Gasteiger partial charge >= 0.3 is 5.97 Å². The van der Waals surface area contributed by atoms with Crippen LogP contribution in [0.1, 0.15) is 58.1 Å². The Bertz CT molecular complexity index is 1150. The second kappa shape index (κ2) is 10.8. The van der Waals surface area contributed by atoms with E-state index in [2.05, 4.69) is 37.5 Å². The first-order valence-electron chi connectivity index (χ1n) is 12.0. The second-order valence-electron chi connectivity index (χ2n) is 11.1. The summed E-state index contributed by atoms with van der Waals surface area (Å²) in [5, 5.41) is 27.8. The van der Waals surface area contributed by atoms with E-state index in [1.807, 2.05) is 18.2 Å². The summed E-state index contributed by atoms with van der Waals surface area (Å²) in [6.45, 7) is 9.73. The van der Waals surface area contributed by atoms with Crippen molar-refractivity contribution < 1.29 is 14.7 Å². The normalized spacial score (nSPS) is 24.8. The summed E-state index contributed by atoms with van der Waals surface area (Å²) < 4.78 is 0. The summed E-state index contributed by atoms with van der Waals surface area (Å²) in [5.74, 6) is -2.53. The molecule has 0 unspecified atom stereocenters. The minimum Gasteiger partial charge on any atom is -0.480 e. The number of aliphatic carboxylic acids is 1. The number of nitrogens with zero attached hydrogens (tertiary/aromatic N) is 1. The molecule has 3 rings (SSSR count). The fraction of sp³-hybridized carbons (Fsp3) is 0.464. The average molecular weight is 530 g/mol. The van der Waals surface area contributed by atoms with Gasteiger partial charge in [-0.1, -0.05) is 82.1 Å². The Kier molecular flexibility index (Phi) is 8.40. The van der Waals surface area contributed by atoms with Gasteiger partial charge in [-0.2, -0.15) is 5.26 Å². The predicted molar refractivity (Wildman–Crippen MR) is 142 cm³/mol. The van der Waals surface area contributed by atoms with Crippen molar-refractivity contribution in [3.63, 3.8) is 0 Å². The van der Waals surface area contributed by atoms with Gasteiger partial charge in [0.2, 0.25) is 5.91 Å². The van der Waals surface area contributed by atoms with Crippen LogP contribution in [0.3, 0.4) is 0 Å². The van der Waals surface area contributed by atoms with E-state index in [4.69, 9.17) is 23.2 Å². The van der Waals surface area contributed by atoms with Crippen LogP contribution in [-0.2, 0) is 15.0 Å². The number of carboxylic acids is 1. The third-order valence-corrected chi connectivity index (χ3v) is 7.29. The lowest BCUT2D eigenvalue weighted by Gasteiger charge is -2.37. The summed E-state index contributed by atoms with van der Waals surface area (Å²) in [5.41, 5.74) is 0.133. The molecule has 2 aromatic rings. The van der Waals surface area contributed by atoms with Crippen LogP contribution in [0.2, 0.25) is 10.0 Å². The van der Waals surface area contributed by atoms with E-state index in [0.29, 0.717) is 16.5 Å². The van der Waals surface area contributed by atoms with Gasteiger partial charge in [0, 0.05) is 22.0 Å². The van der Waals surface area contributed by atoms with Crippen LogP contribution in [0.5, 0.6) is 0 Å². The molecular formula is C28H33Cl2N3O3. The summed E-state index contributed by atoms with van der Waals surface area (Å²) >= 11 is 12.5. The molecule has 0 aliphatic carbocycles. The molecule has 0 bridgehead atoms. The second-order valence-corrected chi connectivity index (χ2v) is 11.9. The topological polar surface area (TPSA) is 102 Å². The third-order valence-electron chi connectivity index (χ3n) is 6.80. The maximum atomic E-state index is 13.7. The number of halogens is 2. The van der Waals surface area contributed by atoms with Gasteiger partial charge in [-0.05, 0) is 53.1 Å². The molecule has 5 atom stereocenters. The predicted octanol–water partition coefficient (Wildman–Crippen LogP) is 5.54. The van der Waals surface area contributed by atoms with Gasteiger partial charge in [-0.25, -0.2) is 4.79 Å². The van der Waals surface area contributed by atoms with Crippen molar-refractivity contribution in [3.8, 4) is 6.07 Å². The molecule has 6 nitrogen and oxygen atoms in total. The lowest BCUT2D eigenvalue weighted by Crippen LogP contribution is -2.52. The molecule has 1 saturated heterocycles. The SMILES string of the molecule is CC(C)[C@H](NC(=O)[C@H]1N[C@H](CC(C)(C)C)[C@@](C#N)(c2ccc(Cl)cc2)[C@@H]1c1cccc(Cl)c1)C(=O)O. The van der Waals surface area contributed by atoms with Crippen molar-refractivity contribution in [2.45, 2.75) is 70.5 Å². The van der Waals surface area contributed by atoms with Crippen molar-refractivity contribution in [3.05, 3.63) is 69.7 Å². The highest BCUT2D eigenvalue weighted by atomic mass is 35.5. The Balaban J connectivity index is 2.24. The zero-order valence-corrected chi connectivity index (χ0v) is 22.7. The highest BCUT2D eigenvalue weighted by Gasteiger charge is 2.59. The van der Waals surface area contributed by atoms with E-state index in [1.54, 1.807) is 44.2 Å². The zero-order valence-electron chi connectivity index (χ0n) is 21.2. The number of carbonyl (C=O) groups is 2. The molecular weight excluding hydrogens is 497 g/mol. The van der Waals surface area contributed by atoms with Gasteiger partial charge in [0.1, 0.15) is 11.5 Å². The fourth-order valence-corrected chi connectivity index (χ4v) is 5.54. The van der Waals surface area contributed by atoms with E-state index >= 15 is 0 Å². The van der Waals surface area contributed by atoms with Crippen molar-refractivity contribution in [2.75, 3.05) is 0 Å². The van der Waals surface area contributed by atoms with Crippen molar-refractivity contribution in [1.82, 2.24) is 10.6 Å². The maximum absolute atomic E-state index is 13.7. The number of hydrogen-bond acceptors (Lipinski definition) is 4. The maximum Gasteiger partial charge on any atom is 0.326 e. The summed E-state index contributed by atoms with van der Waals surface area (Å²) in [4.78, 5) is 25.6. The summed E-state index contributed by atoms with van der Waals surface area (Å²) in [7, 11) is 0. The molecule has 1 aliphatic rings. The molecule has 0 aromatic heterocycles. The molecule has 1 fully saturated rings. The quantitative estimate of drug-likeness (QED) is 0.436. The van der Waals surface area contributed by atoms with Crippen LogP contribution in [0.4, 0.5) is 0 Å². The van der Waals surface area contributed by atoms with Gasteiger partial charge in [0.05, 0.1) is 12.1 Å². The fourth-order valence-electron chi connectivity index (χ4n) is 5.21. The third kappa shape index (κ3) is 5.70. The van der Waals surface area contributed by atoms with Gasteiger partial charge in [-0.3, -0.25) is 4.79 Å². The molecule has 1 aliphatic heterocycles. The van der Waals surface area contributed by atoms with Crippen molar-refractivity contribution in [1.29, 1.82) is 5.26 Å². The Labute approximate surface area is 223 Å². The van der Waals surface area contributed by atoms with Crippen LogP contribution < -0.4 is 10.6 Å². The monoisotopic (exact) mass is 529 g/mol. The van der Waals surface area contributed by atoms with E-state index in [9.17, 15) is 20.0 Å². The first kappa shape index (κ1) is 28.0. The van der Waals surface area contributed by atoms with Crippen molar-refractivity contribution >= 4 is 35.1 Å². The lowest BCUT2D eigenvalue weighted by molar-refractivity contribution is -0.143. The van der Waals surface area contributed by atoms with Gasteiger partial charge in [0.25, 0.3) is 0 Å². The highest BCUT2D eigenvalue weighted by Crippen LogP contribution is 2.51. The number of amides is 1. The Hall–Kier alpha value is -2.59. The number of hydrogen-bond donors (Lipinski definition) is 3. The Morgan fingerprint density at radius 2 is 1.78 bits per heavy atom. The number of nitrogens with one attached hydrogen (secondary N) is 2.